The summed E-state index contributed by atoms with van der Waals surface area (Å²) in [5, 5.41) is 21.9. The first-order valence-corrected chi connectivity index (χ1v) is 8.47. The summed E-state index contributed by atoms with van der Waals surface area (Å²) in [4.78, 5) is 36.4. The van der Waals surface area contributed by atoms with E-state index in [1.54, 1.807) is 0 Å². The Morgan fingerprint density at radius 1 is 1.14 bits per heavy atom. The van der Waals surface area contributed by atoms with Crippen molar-refractivity contribution < 1.29 is 23.4 Å². The molecule has 0 atom stereocenters. The first-order chi connectivity index (χ1) is 13.7. The first kappa shape index (κ1) is 19.8. The zero-order valence-corrected chi connectivity index (χ0v) is 15.0. The lowest BCUT2D eigenvalue weighted by Crippen LogP contribution is -2.17. The van der Waals surface area contributed by atoms with Crippen molar-refractivity contribution in [1.82, 2.24) is 4.57 Å². The average Bonchev–Trinajstić information content (AvgIpc) is 2.98. The van der Waals surface area contributed by atoms with Gasteiger partial charge < -0.3 is 4.57 Å². The van der Waals surface area contributed by atoms with Crippen LogP contribution in [0.15, 0.2) is 35.3 Å². The van der Waals surface area contributed by atoms with E-state index >= 15 is 0 Å². The average molecular weight is 418 g/mol. The predicted octanol–water partition coefficient (Wildman–Crippen LogP) is 3.17. The van der Waals surface area contributed by atoms with Gasteiger partial charge in [0.2, 0.25) is 0 Å². The van der Waals surface area contributed by atoms with Crippen molar-refractivity contribution in [3.8, 4) is 12.3 Å². The standard InChI is InChI=1S/C17H8F2N4O5S/c1-2-3-21-15-13(19)6-10(18)7-14(15)29-17(21)20-16(24)9-4-11(22(25)26)8-12(5-9)23(27)28/h1,4-8H,3H2. The second kappa shape index (κ2) is 7.56. The topological polar surface area (TPSA) is 121 Å². The molecule has 9 nitrogen and oxygen atoms in total. The summed E-state index contributed by atoms with van der Waals surface area (Å²) in [6.45, 7) is -0.191. The number of non-ortho nitro benzene ring substituents is 2. The molecule has 3 rings (SSSR count). The molecule has 2 aromatic carbocycles. The van der Waals surface area contributed by atoms with Gasteiger partial charge in [0.25, 0.3) is 17.3 Å². The van der Waals surface area contributed by atoms with E-state index < -0.39 is 44.3 Å². The molecule has 3 aromatic rings. The van der Waals surface area contributed by atoms with E-state index in [4.69, 9.17) is 6.42 Å². The molecule has 0 aliphatic carbocycles. The molecule has 0 radical (unpaired) electrons. The number of rotatable bonds is 4. The third-order valence-corrected chi connectivity index (χ3v) is 4.74. The summed E-state index contributed by atoms with van der Waals surface area (Å²) in [5.74, 6) is -0.529. The Labute approximate surface area is 163 Å². The number of aromatic nitrogens is 1. The van der Waals surface area contributed by atoms with E-state index in [0.29, 0.717) is 12.1 Å². The number of hydrogen-bond acceptors (Lipinski definition) is 6. The molecule has 0 saturated heterocycles. The van der Waals surface area contributed by atoms with Crippen LogP contribution in [0.5, 0.6) is 0 Å². The Hall–Kier alpha value is -3.98. The van der Waals surface area contributed by atoms with Gasteiger partial charge >= 0.3 is 0 Å². The van der Waals surface area contributed by atoms with Gasteiger partial charge in [-0.2, -0.15) is 4.99 Å². The fourth-order valence-corrected chi connectivity index (χ4v) is 3.60. The molecule has 12 heteroatoms. The van der Waals surface area contributed by atoms with Gasteiger partial charge in [0.15, 0.2) is 10.6 Å². The zero-order chi connectivity index (χ0) is 21.3. The van der Waals surface area contributed by atoms with E-state index in [1.807, 2.05) is 0 Å². The van der Waals surface area contributed by atoms with Gasteiger partial charge in [-0.15, -0.1) is 6.42 Å². The van der Waals surface area contributed by atoms with Crippen molar-refractivity contribution in [3.05, 3.63) is 72.6 Å². The normalized spacial score (nSPS) is 11.4. The van der Waals surface area contributed by atoms with E-state index in [1.165, 1.54) is 4.57 Å². The minimum absolute atomic E-state index is 0.0640. The van der Waals surface area contributed by atoms with Gasteiger partial charge in [-0.3, -0.25) is 25.0 Å². The Balaban J connectivity index is 2.22. The Morgan fingerprint density at radius 2 is 1.76 bits per heavy atom. The van der Waals surface area contributed by atoms with Crippen molar-refractivity contribution in [2.45, 2.75) is 6.54 Å². The number of nitro benzene ring substituents is 2. The molecule has 0 bridgehead atoms. The Kier molecular flexibility index (Phi) is 5.16. The largest absolute Gasteiger partial charge is 0.302 e. The number of halogens is 2. The van der Waals surface area contributed by atoms with Crippen LogP contribution in [0.25, 0.3) is 10.2 Å². The molecular weight excluding hydrogens is 410 g/mol. The molecule has 1 amide bonds. The number of fused-ring (bicyclic) bond motifs is 1. The van der Waals surface area contributed by atoms with Crippen LogP contribution in [0.4, 0.5) is 20.2 Å². The van der Waals surface area contributed by atoms with Crippen LogP contribution < -0.4 is 4.80 Å². The highest BCUT2D eigenvalue weighted by molar-refractivity contribution is 7.16. The van der Waals surface area contributed by atoms with Gasteiger partial charge in [-0.05, 0) is 6.07 Å². The third-order valence-electron chi connectivity index (χ3n) is 3.71. The van der Waals surface area contributed by atoms with Crippen molar-refractivity contribution in [2.75, 3.05) is 0 Å². The van der Waals surface area contributed by atoms with Crippen LogP contribution in [0, 0.1) is 44.2 Å². The minimum Gasteiger partial charge on any atom is -0.302 e. The summed E-state index contributed by atoms with van der Waals surface area (Å²) in [7, 11) is 0. The Morgan fingerprint density at radius 3 is 2.31 bits per heavy atom. The monoisotopic (exact) mass is 418 g/mol. The molecule has 0 saturated carbocycles. The van der Waals surface area contributed by atoms with Crippen molar-refractivity contribution in [3.63, 3.8) is 0 Å². The lowest BCUT2D eigenvalue weighted by Gasteiger charge is -2.01. The highest BCUT2D eigenvalue weighted by atomic mass is 32.1. The fourth-order valence-electron chi connectivity index (χ4n) is 2.53. The second-order valence-electron chi connectivity index (χ2n) is 5.58. The number of hydrogen-bond donors (Lipinski definition) is 0. The van der Waals surface area contributed by atoms with Crippen LogP contribution in [0.3, 0.4) is 0 Å². The summed E-state index contributed by atoms with van der Waals surface area (Å²) < 4.78 is 29.0. The maximum atomic E-state index is 14.2. The highest BCUT2D eigenvalue weighted by Gasteiger charge is 2.20. The highest BCUT2D eigenvalue weighted by Crippen LogP contribution is 2.24. The van der Waals surface area contributed by atoms with Gasteiger partial charge in [0, 0.05) is 18.2 Å². The minimum atomic E-state index is -1.05. The van der Waals surface area contributed by atoms with Crippen molar-refractivity contribution >= 4 is 38.8 Å². The number of carbonyl (C=O) groups excluding carboxylic acids is 1. The van der Waals surface area contributed by atoms with Gasteiger partial charge in [-0.25, -0.2) is 8.78 Å². The van der Waals surface area contributed by atoms with Crippen molar-refractivity contribution in [1.29, 1.82) is 0 Å². The number of benzene rings is 2. The lowest BCUT2D eigenvalue weighted by atomic mass is 10.1. The molecule has 1 heterocycles. The number of thiazole rings is 1. The maximum absolute atomic E-state index is 14.2. The SMILES string of the molecule is C#CCn1c(=NC(=O)c2cc([N+](=O)[O-])cc([N+](=O)[O-])c2)sc2cc(F)cc(F)c21. The molecule has 0 unspecified atom stereocenters. The molecule has 1 aromatic heterocycles. The van der Waals surface area contributed by atoms with E-state index in [-0.39, 0.29) is 21.6 Å². The van der Waals surface area contributed by atoms with E-state index in [0.717, 1.165) is 29.5 Å². The third kappa shape index (κ3) is 3.85. The smallest absolute Gasteiger partial charge is 0.280 e. The molecule has 0 spiro atoms. The summed E-state index contributed by atoms with van der Waals surface area (Å²) in [6, 6.07) is 4.05. The van der Waals surface area contributed by atoms with E-state index in [9.17, 15) is 33.8 Å². The van der Waals surface area contributed by atoms with Crippen molar-refractivity contribution in [2.24, 2.45) is 4.99 Å². The van der Waals surface area contributed by atoms with Gasteiger partial charge in [-0.1, -0.05) is 17.3 Å². The number of terminal acetylenes is 1. The van der Waals surface area contributed by atoms with Crippen LogP contribution in [-0.2, 0) is 6.54 Å². The predicted molar refractivity (Wildman–Crippen MR) is 98.2 cm³/mol. The molecule has 29 heavy (non-hydrogen) atoms. The lowest BCUT2D eigenvalue weighted by molar-refractivity contribution is -0.394. The van der Waals surface area contributed by atoms with E-state index in [2.05, 4.69) is 10.9 Å². The molecule has 0 N–H and O–H groups in total. The summed E-state index contributed by atoms with van der Waals surface area (Å²) in [6.07, 6.45) is 5.27. The quantitative estimate of drug-likeness (QED) is 0.366. The number of nitro groups is 2. The van der Waals surface area contributed by atoms with Crippen LogP contribution in [-0.4, -0.2) is 20.3 Å². The summed E-state index contributed by atoms with van der Waals surface area (Å²) >= 11 is 0.768. The number of nitrogens with zero attached hydrogens (tertiary/aromatic N) is 4. The van der Waals surface area contributed by atoms with Gasteiger partial charge in [0.05, 0.1) is 38.2 Å². The molecule has 0 aliphatic rings. The second-order valence-corrected chi connectivity index (χ2v) is 6.59. The zero-order valence-electron chi connectivity index (χ0n) is 14.2. The van der Waals surface area contributed by atoms with Gasteiger partial charge in [0.1, 0.15) is 5.82 Å². The van der Waals surface area contributed by atoms with Crippen LogP contribution in [0.2, 0.25) is 0 Å². The fraction of sp³-hybridized carbons (Fsp3) is 0.0588. The van der Waals surface area contributed by atoms with Crippen LogP contribution in [0.1, 0.15) is 10.4 Å². The Bertz CT molecular complexity index is 1270. The van der Waals surface area contributed by atoms with Crippen LogP contribution >= 0.6 is 11.3 Å². The molecular formula is C17H8F2N4O5S. The first-order valence-electron chi connectivity index (χ1n) is 7.66. The maximum Gasteiger partial charge on any atom is 0.280 e. The molecule has 0 aliphatic heterocycles. The number of amides is 1. The molecule has 146 valence electrons. The summed E-state index contributed by atoms with van der Waals surface area (Å²) in [5.41, 5.74) is -1.81. The number of carbonyl (C=O) groups is 1. The molecule has 0 fully saturated rings.